The van der Waals surface area contributed by atoms with E-state index in [1.54, 1.807) is 20.3 Å². The summed E-state index contributed by atoms with van der Waals surface area (Å²) >= 11 is 6.68. The Morgan fingerprint density at radius 1 is 0.780 bits per heavy atom. The van der Waals surface area contributed by atoms with E-state index in [0.717, 1.165) is 34.8 Å². The topological polar surface area (TPSA) is 114 Å². The highest BCUT2D eigenvalue weighted by Gasteiger charge is 2.20. The number of halogens is 3. The molecule has 0 bridgehead atoms. The molecule has 0 saturated carbocycles. The minimum absolute atomic E-state index is 0.0812. The molecule has 0 aliphatic rings. The van der Waals surface area contributed by atoms with Crippen LogP contribution in [0.25, 0.3) is 10.9 Å². The third-order valence-electron chi connectivity index (χ3n) is 8.02. The van der Waals surface area contributed by atoms with Crippen LogP contribution >= 0.6 is 11.6 Å². The predicted octanol–water partition coefficient (Wildman–Crippen LogP) is 7.48. The van der Waals surface area contributed by atoms with Gasteiger partial charge in [0, 0.05) is 37.2 Å². The average molecular weight is 717 g/mol. The maximum atomic E-state index is 13.6. The lowest BCUT2D eigenvalue weighted by atomic mass is 10.1. The Kier molecular flexibility index (Phi) is 10.0. The van der Waals surface area contributed by atoms with E-state index >= 15 is 0 Å². The number of H-pyrrole nitrogens is 1. The van der Waals surface area contributed by atoms with Crippen molar-refractivity contribution in [2.24, 2.45) is 0 Å². The van der Waals surface area contributed by atoms with Crippen LogP contribution in [0.15, 0.2) is 113 Å². The fourth-order valence-corrected chi connectivity index (χ4v) is 6.91. The van der Waals surface area contributed by atoms with Gasteiger partial charge in [0.2, 0.25) is 9.84 Å². The largest absolute Gasteiger partial charge is 0.497 e. The summed E-state index contributed by atoms with van der Waals surface area (Å²) < 4.78 is 63.6. The smallest absolute Gasteiger partial charge is 0.267 e. The summed E-state index contributed by atoms with van der Waals surface area (Å²) in [6.07, 6.45) is 0. The predicted molar refractivity (Wildman–Crippen MR) is 186 cm³/mol. The van der Waals surface area contributed by atoms with Crippen LogP contribution in [0.3, 0.4) is 0 Å². The number of nitrogens with zero attached hydrogens (tertiary/aromatic N) is 2. The van der Waals surface area contributed by atoms with E-state index in [1.165, 1.54) is 24.3 Å². The maximum Gasteiger partial charge on any atom is 0.267 e. The molecular formula is C37H31ClF2N4O5S. The monoisotopic (exact) mass is 716 g/mol. The van der Waals surface area contributed by atoms with E-state index in [4.69, 9.17) is 21.1 Å². The number of sulfone groups is 1. The number of hydrogen-bond acceptors (Lipinski definition) is 7. The summed E-state index contributed by atoms with van der Waals surface area (Å²) in [4.78, 5) is 22.5. The van der Waals surface area contributed by atoms with Crippen LogP contribution in [0, 0.1) is 11.6 Å². The molecule has 6 rings (SSSR count). The molecule has 0 fully saturated rings. The standard InChI is InChI=1S/C37H31ClF2N4O5S/c1-48-28-9-3-24(4-10-28)21-44(22-25-5-11-29(49-2)12-6-25)35-19-33-32(36(38)43-35)18-34(42-33)37(45)41-20-23-7-13-30(14-8-23)50(46,47)31-16-26(39)15-27(40)17-31/h3-19,42H,20-22H2,1-2H3,(H,41,45). The number of hydrogen-bond donors (Lipinski definition) is 2. The third kappa shape index (κ3) is 7.72. The van der Waals surface area contributed by atoms with Gasteiger partial charge < -0.3 is 24.7 Å². The quantitative estimate of drug-likeness (QED) is 0.126. The molecule has 13 heteroatoms. The summed E-state index contributed by atoms with van der Waals surface area (Å²) in [7, 11) is -0.916. The Morgan fingerprint density at radius 2 is 1.32 bits per heavy atom. The van der Waals surface area contributed by atoms with Crippen LogP contribution < -0.4 is 19.7 Å². The first-order valence-electron chi connectivity index (χ1n) is 15.3. The van der Waals surface area contributed by atoms with E-state index in [1.807, 2.05) is 54.6 Å². The van der Waals surface area contributed by atoms with Crippen molar-refractivity contribution < 1.29 is 31.5 Å². The molecule has 50 heavy (non-hydrogen) atoms. The van der Waals surface area contributed by atoms with Crippen molar-refractivity contribution in [1.29, 1.82) is 0 Å². The van der Waals surface area contributed by atoms with Gasteiger partial charge in [0.25, 0.3) is 5.91 Å². The number of amides is 1. The summed E-state index contributed by atoms with van der Waals surface area (Å²) in [6, 6.07) is 26.8. The lowest BCUT2D eigenvalue weighted by Crippen LogP contribution is -2.23. The van der Waals surface area contributed by atoms with Gasteiger partial charge in [-0.05, 0) is 71.3 Å². The highest BCUT2D eigenvalue weighted by molar-refractivity contribution is 7.91. The van der Waals surface area contributed by atoms with Gasteiger partial charge in [0.1, 0.15) is 39.8 Å². The van der Waals surface area contributed by atoms with Crippen molar-refractivity contribution in [1.82, 2.24) is 15.3 Å². The Hall–Kier alpha value is -5.46. The van der Waals surface area contributed by atoms with E-state index < -0.39 is 32.3 Å². The van der Waals surface area contributed by atoms with Crippen LogP contribution in [0.2, 0.25) is 5.15 Å². The van der Waals surface area contributed by atoms with Crippen LogP contribution in [0.1, 0.15) is 27.2 Å². The lowest BCUT2D eigenvalue weighted by Gasteiger charge is -2.25. The van der Waals surface area contributed by atoms with Crippen molar-refractivity contribution in [3.63, 3.8) is 0 Å². The highest BCUT2D eigenvalue weighted by atomic mass is 35.5. The van der Waals surface area contributed by atoms with Crippen molar-refractivity contribution in [2.45, 2.75) is 29.4 Å². The molecule has 6 aromatic rings. The van der Waals surface area contributed by atoms with Gasteiger partial charge in [-0.1, -0.05) is 48.0 Å². The molecule has 0 atom stereocenters. The molecule has 0 aliphatic heterocycles. The normalized spacial score (nSPS) is 11.4. The number of carbonyl (C=O) groups is 1. The fraction of sp³-hybridized carbons (Fsp3) is 0.135. The molecule has 0 radical (unpaired) electrons. The summed E-state index contributed by atoms with van der Waals surface area (Å²) in [5.74, 6) is -0.309. The first-order chi connectivity index (χ1) is 24.0. The molecular weight excluding hydrogens is 686 g/mol. The number of pyridine rings is 1. The summed E-state index contributed by atoms with van der Waals surface area (Å²) in [6.45, 7) is 1.11. The van der Waals surface area contributed by atoms with Crippen LogP contribution in [-0.2, 0) is 29.5 Å². The van der Waals surface area contributed by atoms with Gasteiger partial charge in [0.05, 0.1) is 29.5 Å². The SMILES string of the molecule is COc1ccc(CN(Cc2ccc(OC)cc2)c2cc3[nH]c(C(=O)NCc4ccc(S(=O)(=O)c5cc(F)cc(F)c5)cc4)cc3c(Cl)n2)cc1. The number of fused-ring (bicyclic) bond motifs is 1. The van der Waals surface area contributed by atoms with Crippen molar-refractivity contribution in [2.75, 3.05) is 19.1 Å². The fourth-order valence-electron chi connectivity index (χ4n) is 5.37. The summed E-state index contributed by atoms with van der Waals surface area (Å²) in [5, 5.41) is 3.60. The number of rotatable bonds is 12. The molecule has 2 heterocycles. The molecule has 2 N–H and O–H groups in total. The zero-order valence-corrected chi connectivity index (χ0v) is 28.5. The van der Waals surface area contributed by atoms with Crippen molar-refractivity contribution in [3.8, 4) is 11.5 Å². The van der Waals surface area contributed by atoms with Gasteiger partial charge >= 0.3 is 0 Å². The Balaban J connectivity index is 1.19. The molecule has 0 aliphatic carbocycles. The number of anilines is 1. The number of nitrogens with one attached hydrogen (secondary N) is 2. The zero-order chi connectivity index (χ0) is 35.4. The molecule has 2 aromatic heterocycles. The minimum atomic E-state index is -4.15. The number of aromatic amines is 1. The Bertz CT molecular complexity index is 2190. The van der Waals surface area contributed by atoms with Gasteiger partial charge in [-0.2, -0.15) is 0 Å². The second kappa shape index (κ2) is 14.6. The number of ether oxygens (including phenoxy) is 2. The second-order valence-electron chi connectivity index (χ2n) is 11.4. The first-order valence-corrected chi connectivity index (χ1v) is 17.2. The van der Waals surface area contributed by atoms with E-state index in [9.17, 15) is 22.0 Å². The van der Waals surface area contributed by atoms with Gasteiger partial charge in [-0.15, -0.1) is 0 Å². The van der Waals surface area contributed by atoms with Gasteiger partial charge in [0.15, 0.2) is 0 Å². The van der Waals surface area contributed by atoms with Crippen LogP contribution in [-0.4, -0.2) is 38.5 Å². The van der Waals surface area contributed by atoms with Crippen molar-refractivity contribution >= 4 is 44.1 Å². The summed E-state index contributed by atoms with van der Waals surface area (Å²) in [5.41, 5.74) is 3.52. The molecule has 9 nitrogen and oxygen atoms in total. The molecule has 0 unspecified atom stereocenters. The van der Waals surface area contributed by atoms with Gasteiger partial charge in [-0.25, -0.2) is 22.2 Å². The van der Waals surface area contributed by atoms with Crippen LogP contribution in [0.5, 0.6) is 11.5 Å². The highest BCUT2D eigenvalue weighted by Crippen LogP contribution is 2.30. The maximum absolute atomic E-state index is 13.6. The average Bonchev–Trinajstić information content (AvgIpc) is 3.56. The molecule has 4 aromatic carbocycles. The van der Waals surface area contributed by atoms with E-state index in [2.05, 4.69) is 20.2 Å². The number of aromatic nitrogens is 2. The molecule has 0 saturated heterocycles. The number of methoxy groups -OCH3 is 2. The van der Waals surface area contributed by atoms with E-state index in [-0.39, 0.29) is 22.3 Å². The first kappa shape index (κ1) is 34.4. The van der Waals surface area contributed by atoms with Gasteiger partial charge in [-0.3, -0.25) is 4.79 Å². The number of carbonyl (C=O) groups excluding carboxylic acids is 1. The van der Waals surface area contributed by atoms with Crippen LogP contribution in [0.4, 0.5) is 14.6 Å². The second-order valence-corrected chi connectivity index (χ2v) is 13.7. The molecule has 256 valence electrons. The Labute approximate surface area is 292 Å². The van der Waals surface area contributed by atoms with E-state index in [0.29, 0.717) is 41.4 Å². The molecule has 1 amide bonds. The third-order valence-corrected chi connectivity index (χ3v) is 10.1. The Morgan fingerprint density at radius 3 is 1.86 bits per heavy atom. The zero-order valence-electron chi connectivity index (χ0n) is 26.9. The minimum Gasteiger partial charge on any atom is -0.497 e. The van der Waals surface area contributed by atoms with Crippen molar-refractivity contribution in [3.05, 3.63) is 142 Å². The number of benzene rings is 4. The lowest BCUT2D eigenvalue weighted by molar-refractivity contribution is 0.0946. The molecule has 0 spiro atoms.